The number of allylic oxidation sites excluding steroid dienone is 1. The number of hydrogen-bond acceptors (Lipinski definition) is 7. The minimum atomic E-state index is -0.334. The van der Waals surface area contributed by atoms with Gasteiger partial charge in [-0.1, -0.05) is 71.5 Å². The fraction of sp³-hybridized carbons (Fsp3) is 0.211. The van der Waals surface area contributed by atoms with E-state index >= 15 is 0 Å². The molecule has 0 fully saturated rings. The van der Waals surface area contributed by atoms with E-state index in [0.717, 1.165) is 46.4 Å². The molecule has 0 spiro atoms. The number of aromatic nitrogens is 1. The van der Waals surface area contributed by atoms with Crippen LogP contribution in [0.25, 0.3) is 11.8 Å². The SMILES string of the molecule is CCOc1cc(/C=c2\sc3n(c2=O)[C@@H](c2ccc(OC)c(OC)c2)C2=C(N=3)c3ccccc3CC2)ccc1OCc1ccc(Cl)cc1. The van der Waals surface area contributed by atoms with Crippen molar-refractivity contribution in [3.05, 3.63) is 143 Å². The van der Waals surface area contributed by atoms with Gasteiger partial charge in [-0.3, -0.25) is 9.36 Å². The summed E-state index contributed by atoms with van der Waals surface area (Å²) in [5.41, 5.74) is 7.12. The van der Waals surface area contributed by atoms with Gasteiger partial charge >= 0.3 is 0 Å². The van der Waals surface area contributed by atoms with Crippen LogP contribution in [-0.4, -0.2) is 25.4 Å². The Morgan fingerprint density at radius 1 is 0.894 bits per heavy atom. The number of hydrogen-bond donors (Lipinski definition) is 0. The van der Waals surface area contributed by atoms with Gasteiger partial charge in [-0.05, 0) is 90.1 Å². The molecule has 5 aromatic rings. The van der Waals surface area contributed by atoms with Gasteiger partial charge in [0, 0.05) is 10.6 Å². The molecule has 4 aromatic carbocycles. The molecule has 0 amide bonds. The van der Waals surface area contributed by atoms with Crippen LogP contribution in [-0.2, 0) is 13.0 Å². The van der Waals surface area contributed by atoms with E-state index in [1.807, 2.05) is 84.3 Å². The van der Waals surface area contributed by atoms with Crippen LogP contribution in [0.15, 0.2) is 100 Å². The molecule has 2 heterocycles. The van der Waals surface area contributed by atoms with Gasteiger partial charge in [-0.25, -0.2) is 4.99 Å². The Kier molecular flexibility index (Phi) is 8.62. The summed E-state index contributed by atoms with van der Waals surface area (Å²) < 4.78 is 25.7. The quantitative estimate of drug-likeness (QED) is 0.170. The van der Waals surface area contributed by atoms with Crippen molar-refractivity contribution in [1.29, 1.82) is 0 Å². The number of halogens is 1. The molecule has 1 atom stereocenters. The second-order valence-corrected chi connectivity index (χ2v) is 12.7. The highest BCUT2D eigenvalue weighted by molar-refractivity contribution is 7.07. The zero-order valence-corrected chi connectivity index (χ0v) is 27.9. The molecule has 0 unspecified atom stereocenters. The molecular weight excluding hydrogens is 632 g/mol. The first-order valence-corrected chi connectivity index (χ1v) is 16.7. The maximum absolute atomic E-state index is 14.3. The van der Waals surface area contributed by atoms with E-state index in [1.165, 1.54) is 16.9 Å². The van der Waals surface area contributed by atoms with Gasteiger partial charge in [0.25, 0.3) is 5.56 Å². The first-order valence-electron chi connectivity index (χ1n) is 15.5. The number of benzene rings is 4. The lowest BCUT2D eigenvalue weighted by atomic mass is 9.83. The van der Waals surface area contributed by atoms with Crippen molar-refractivity contribution >= 4 is 34.7 Å². The number of aryl methyl sites for hydroxylation is 1. The van der Waals surface area contributed by atoms with Gasteiger partial charge in [0.15, 0.2) is 27.8 Å². The summed E-state index contributed by atoms with van der Waals surface area (Å²) in [6.07, 6.45) is 3.58. The first kappa shape index (κ1) is 30.8. The summed E-state index contributed by atoms with van der Waals surface area (Å²) in [7, 11) is 3.24. The lowest BCUT2D eigenvalue weighted by molar-refractivity contribution is 0.269. The predicted octanol–water partition coefficient (Wildman–Crippen LogP) is 6.97. The summed E-state index contributed by atoms with van der Waals surface area (Å²) in [4.78, 5) is 20.1. The average Bonchev–Trinajstić information content (AvgIpc) is 3.41. The van der Waals surface area contributed by atoms with E-state index in [-0.39, 0.29) is 11.6 Å². The minimum Gasteiger partial charge on any atom is -0.493 e. The van der Waals surface area contributed by atoms with Crippen LogP contribution in [0.2, 0.25) is 5.02 Å². The van der Waals surface area contributed by atoms with Crippen molar-refractivity contribution in [1.82, 2.24) is 4.57 Å². The molecule has 0 bridgehead atoms. The highest BCUT2D eigenvalue weighted by Gasteiger charge is 2.33. The normalized spacial score (nSPS) is 15.3. The Morgan fingerprint density at radius 2 is 1.68 bits per heavy atom. The molecular formula is C38H33ClN2O5S. The van der Waals surface area contributed by atoms with Gasteiger partial charge in [0.2, 0.25) is 0 Å². The molecule has 0 radical (unpaired) electrons. The molecule has 0 saturated carbocycles. The summed E-state index contributed by atoms with van der Waals surface area (Å²) in [6.45, 7) is 2.78. The van der Waals surface area contributed by atoms with E-state index in [9.17, 15) is 4.79 Å². The van der Waals surface area contributed by atoms with Gasteiger partial charge in [-0.2, -0.15) is 0 Å². The lowest BCUT2D eigenvalue weighted by Crippen LogP contribution is -2.38. The molecule has 0 N–H and O–H groups in total. The zero-order valence-electron chi connectivity index (χ0n) is 26.3. The second kappa shape index (κ2) is 13.1. The standard InChI is InChI=1S/C38H33ClN2O5S/c1-4-45-33-19-24(11-17-31(33)46-22-23-9-14-27(39)15-10-23)20-34-37(42)41-36(26-13-18-30(43-2)32(21-26)44-3)29-16-12-25-7-5-6-8-28(25)35(29)40-38(41)47-34/h5-11,13-15,17-21,36H,4,12,16,22H2,1-3H3/b34-20-/t36-/m0/s1. The van der Waals surface area contributed by atoms with Crippen LogP contribution in [0.3, 0.4) is 0 Å². The van der Waals surface area contributed by atoms with Crippen molar-refractivity contribution in [2.45, 2.75) is 32.4 Å². The number of methoxy groups -OCH3 is 2. The van der Waals surface area contributed by atoms with Crippen LogP contribution in [0, 0.1) is 0 Å². The fourth-order valence-electron chi connectivity index (χ4n) is 6.24. The van der Waals surface area contributed by atoms with Crippen molar-refractivity contribution in [2.75, 3.05) is 20.8 Å². The molecule has 9 heteroatoms. The number of ether oxygens (including phenoxy) is 4. The van der Waals surface area contributed by atoms with Crippen molar-refractivity contribution < 1.29 is 18.9 Å². The minimum absolute atomic E-state index is 0.0973. The zero-order chi connectivity index (χ0) is 32.5. The van der Waals surface area contributed by atoms with Crippen molar-refractivity contribution in [2.24, 2.45) is 4.99 Å². The molecule has 1 aliphatic carbocycles. The second-order valence-electron chi connectivity index (χ2n) is 11.3. The topological polar surface area (TPSA) is 71.3 Å². The van der Waals surface area contributed by atoms with Gasteiger partial charge in [0.05, 0.1) is 37.1 Å². The van der Waals surface area contributed by atoms with E-state index in [0.29, 0.717) is 50.6 Å². The molecule has 47 heavy (non-hydrogen) atoms. The van der Waals surface area contributed by atoms with E-state index in [1.54, 1.807) is 14.2 Å². The van der Waals surface area contributed by atoms with Crippen molar-refractivity contribution in [3.63, 3.8) is 0 Å². The number of fused-ring (bicyclic) bond motifs is 3. The van der Waals surface area contributed by atoms with E-state index in [4.69, 9.17) is 35.5 Å². The third kappa shape index (κ3) is 5.95. The number of rotatable bonds is 9. The summed E-state index contributed by atoms with van der Waals surface area (Å²) in [5, 5.41) is 0.679. The largest absolute Gasteiger partial charge is 0.493 e. The third-order valence-corrected chi connectivity index (χ3v) is 9.70. The molecule has 7 rings (SSSR count). The monoisotopic (exact) mass is 664 g/mol. The van der Waals surface area contributed by atoms with Gasteiger partial charge in [0.1, 0.15) is 6.61 Å². The van der Waals surface area contributed by atoms with Crippen LogP contribution >= 0.6 is 22.9 Å². The average molecular weight is 665 g/mol. The van der Waals surface area contributed by atoms with Crippen LogP contribution in [0.1, 0.15) is 47.2 Å². The van der Waals surface area contributed by atoms with E-state index in [2.05, 4.69) is 18.2 Å². The summed E-state index contributed by atoms with van der Waals surface area (Å²) >= 11 is 7.42. The Balaban J connectivity index is 1.32. The predicted molar refractivity (Wildman–Crippen MR) is 186 cm³/mol. The van der Waals surface area contributed by atoms with Crippen LogP contribution in [0.4, 0.5) is 0 Å². The molecule has 0 saturated heterocycles. The number of thiazole rings is 1. The summed E-state index contributed by atoms with van der Waals surface area (Å²) in [5.74, 6) is 2.49. The smallest absolute Gasteiger partial charge is 0.271 e. The maximum atomic E-state index is 14.3. The fourth-order valence-corrected chi connectivity index (χ4v) is 7.37. The van der Waals surface area contributed by atoms with Gasteiger partial charge < -0.3 is 18.9 Å². The highest BCUT2D eigenvalue weighted by atomic mass is 35.5. The summed E-state index contributed by atoms with van der Waals surface area (Å²) in [6, 6.07) is 27.2. The number of nitrogens with zero attached hydrogens (tertiary/aromatic N) is 2. The molecule has 7 nitrogen and oxygen atoms in total. The molecule has 238 valence electrons. The Hall–Kier alpha value is -4.79. The highest BCUT2D eigenvalue weighted by Crippen LogP contribution is 2.43. The van der Waals surface area contributed by atoms with Gasteiger partial charge in [-0.15, -0.1) is 0 Å². The Labute approximate surface area is 281 Å². The molecule has 1 aliphatic heterocycles. The Bertz CT molecular complexity index is 2190. The maximum Gasteiger partial charge on any atom is 0.271 e. The lowest BCUT2D eigenvalue weighted by Gasteiger charge is -2.31. The first-order chi connectivity index (χ1) is 23.0. The van der Waals surface area contributed by atoms with Crippen molar-refractivity contribution in [3.8, 4) is 23.0 Å². The van der Waals surface area contributed by atoms with E-state index < -0.39 is 0 Å². The van der Waals surface area contributed by atoms with Crippen LogP contribution < -0.4 is 33.8 Å². The molecule has 1 aromatic heterocycles. The Morgan fingerprint density at radius 3 is 2.47 bits per heavy atom. The molecule has 2 aliphatic rings. The third-order valence-electron chi connectivity index (χ3n) is 8.47. The van der Waals surface area contributed by atoms with Crippen LogP contribution in [0.5, 0.6) is 23.0 Å².